The van der Waals surface area contributed by atoms with Gasteiger partial charge in [-0.3, -0.25) is 24.1 Å². The number of nitrogens with zero attached hydrogens (tertiary/aromatic N) is 1. The van der Waals surface area contributed by atoms with E-state index in [1.807, 2.05) is 0 Å². The lowest BCUT2D eigenvalue weighted by atomic mass is 8.80. The van der Waals surface area contributed by atoms with Crippen molar-refractivity contribution in [2.24, 2.45) is 44.8 Å². The zero-order valence-electron chi connectivity index (χ0n) is 22.6. The molecule has 0 atom stereocenters. The van der Waals surface area contributed by atoms with Crippen molar-refractivity contribution in [1.82, 2.24) is 4.90 Å². The van der Waals surface area contributed by atoms with E-state index in [0.29, 0.717) is 6.61 Å². The second-order valence-electron chi connectivity index (χ2n) is 12.4. The molecule has 9 nitrogen and oxygen atoms in total. The summed E-state index contributed by atoms with van der Waals surface area (Å²) in [5.41, 5.74) is -1.50. The minimum absolute atomic E-state index is 0.117. The highest BCUT2D eigenvalue weighted by Gasteiger charge is 3.24. The van der Waals surface area contributed by atoms with Crippen molar-refractivity contribution in [2.45, 2.75) is 67.5 Å². The van der Waals surface area contributed by atoms with Crippen molar-refractivity contribution in [3.63, 3.8) is 0 Å². The minimum atomic E-state index is -0.333. The van der Waals surface area contributed by atoms with E-state index < -0.39 is 0 Å². The lowest BCUT2D eigenvalue weighted by Crippen LogP contribution is -3.24. The topological polar surface area (TPSA) is 108 Å². The van der Waals surface area contributed by atoms with Crippen molar-refractivity contribution in [2.75, 3.05) is 33.0 Å². The van der Waals surface area contributed by atoms with E-state index >= 15 is 0 Å². The fourth-order valence-electron chi connectivity index (χ4n) is 11.2. The van der Waals surface area contributed by atoms with Crippen LogP contribution in [0.3, 0.4) is 0 Å². The van der Waals surface area contributed by atoms with E-state index in [1.165, 1.54) is 27.7 Å². The van der Waals surface area contributed by atoms with Crippen LogP contribution in [0, 0.1) is 44.8 Å². The van der Waals surface area contributed by atoms with Crippen LogP contribution >= 0.6 is 0 Å². The summed E-state index contributed by atoms with van der Waals surface area (Å²) in [7, 11) is 0. The molecule has 0 bridgehead atoms. The fourth-order valence-corrected chi connectivity index (χ4v) is 11.2. The molecule has 0 aliphatic heterocycles. The average Bonchev–Trinajstić information content (AvgIpc) is 2.76. The molecule has 9 heteroatoms. The second-order valence-corrected chi connectivity index (χ2v) is 12.4. The Balaban J connectivity index is 1.60. The molecule has 0 heterocycles. The fraction of sp³-hybridized carbons (Fsp3) is 0.852. The number of esters is 4. The summed E-state index contributed by atoms with van der Waals surface area (Å²) >= 11 is 0. The number of carbonyl (C=O) groups is 4. The molecule has 6 aliphatic rings. The van der Waals surface area contributed by atoms with Crippen molar-refractivity contribution >= 4 is 23.9 Å². The summed E-state index contributed by atoms with van der Waals surface area (Å²) in [6.45, 7) is 16.2. The summed E-state index contributed by atoms with van der Waals surface area (Å²) in [6.07, 6.45) is 0. The molecule has 0 aromatic carbocycles. The average molecular weight is 506 g/mol. The number of hydrogen-bond acceptors (Lipinski definition) is 9. The Morgan fingerprint density at radius 1 is 0.611 bits per heavy atom. The molecular formula is C27H39NO8. The molecule has 36 heavy (non-hydrogen) atoms. The monoisotopic (exact) mass is 505 g/mol. The summed E-state index contributed by atoms with van der Waals surface area (Å²) in [4.78, 5) is 50.1. The van der Waals surface area contributed by atoms with Gasteiger partial charge in [-0.1, -0.05) is 0 Å². The van der Waals surface area contributed by atoms with Gasteiger partial charge in [0.1, 0.15) is 0 Å². The van der Waals surface area contributed by atoms with Gasteiger partial charge in [0.15, 0.2) is 0 Å². The van der Waals surface area contributed by atoms with Crippen LogP contribution in [0.25, 0.3) is 0 Å². The van der Waals surface area contributed by atoms with E-state index in [2.05, 4.69) is 32.6 Å². The van der Waals surface area contributed by atoms with Gasteiger partial charge in [-0.25, -0.2) is 0 Å². The Kier molecular flexibility index (Phi) is 5.28. The summed E-state index contributed by atoms with van der Waals surface area (Å²) in [6, 6.07) is 0.533. The maximum absolute atomic E-state index is 12.0. The molecule has 0 spiro atoms. The zero-order valence-corrected chi connectivity index (χ0v) is 22.6. The molecule has 0 radical (unpaired) electrons. The highest BCUT2D eigenvalue weighted by molar-refractivity contribution is 5.73. The molecule has 6 saturated carbocycles. The molecule has 0 aromatic heterocycles. The maximum atomic E-state index is 12.0. The first-order chi connectivity index (χ1) is 16.8. The molecule has 0 aromatic rings. The Hall–Kier alpha value is -2.16. The molecule has 0 unspecified atom stereocenters. The first-order valence-corrected chi connectivity index (χ1v) is 13.0. The smallest absolute Gasteiger partial charge is 0.302 e. The lowest BCUT2D eigenvalue weighted by molar-refractivity contribution is -0.783. The van der Waals surface area contributed by atoms with Crippen molar-refractivity contribution < 1.29 is 38.1 Å². The molecule has 0 amide bonds. The first-order valence-electron chi connectivity index (χ1n) is 13.0. The molecular weight excluding hydrogens is 466 g/mol. The maximum Gasteiger partial charge on any atom is 0.302 e. The third kappa shape index (κ3) is 2.26. The third-order valence-electron chi connectivity index (χ3n) is 10.9. The molecule has 0 saturated heterocycles. The predicted molar refractivity (Wildman–Crippen MR) is 126 cm³/mol. The Labute approximate surface area is 212 Å². The molecule has 200 valence electrons. The highest BCUT2D eigenvalue weighted by Crippen LogP contribution is 3.22. The normalized spacial score (nSPS) is 43.4. The van der Waals surface area contributed by atoms with E-state index in [9.17, 15) is 19.2 Å². The van der Waals surface area contributed by atoms with Crippen LogP contribution < -0.4 is 0 Å². The van der Waals surface area contributed by atoms with E-state index in [0.717, 1.165) is 6.54 Å². The number of ether oxygens (including phenoxy) is 4. The quantitative estimate of drug-likeness (QED) is 0.291. The predicted octanol–water partition coefficient (Wildman–Crippen LogP) is 2.21. The third-order valence-corrected chi connectivity index (χ3v) is 10.9. The van der Waals surface area contributed by atoms with Gasteiger partial charge in [0.2, 0.25) is 0 Å². The van der Waals surface area contributed by atoms with E-state index in [4.69, 9.17) is 18.9 Å². The van der Waals surface area contributed by atoms with Crippen LogP contribution in [-0.4, -0.2) is 73.8 Å². The largest absolute Gasteiger partial charge is 0.465 e. The lowest BCUT2D eigenvalue weighted by Gasteiger charge is -3.21. The summed E-state index contributed by atoms with van der Waals surface area (Å²) in [5, 5.41) is 0. The van der Waals surface area contributed by atoms with E-state index in [1.54, 1.807) is 0 Å². The van der Waals surface area contributed by atoms with Gasteiger partial charge in [0.05, 0.1) is 26.4 Å². The highest BCUT2D eigenvalue weighted by atomic mass is 16.5. The minimum Gasteiger partial charge on any atom is -0.465 e. The van der Waals surface area contributed by atoms with Gasteiger partial charge in [0, 0.05) is 73.4 Å². The summed E-state index contributed by atoms with van der Waals surface area (Å²) < 4.78 is 22.7. The first kappa shape index (κ1) is 25.5. The van der Waals surface area contributed by atoms with Crippen molar-refractivity contribution in [1.29, 1.82) is 0 Å². The number of rotatable bonds is 12. The van der Waals surface area contributed by atoms with Crippen LogP contribution in [0.5, 0.6) is 0 Å². The molecule has 0 N–H and O–H groups in total. The Bertz CT molecular complexity index is 915. The van der Waals surface area contributed by atoms with Crippen LogP contribution in [0.15, 0.2) is 0 Å². The molecule has 6 rings (SSSR count). The zero-order chi connectivity index (χ0) is 26.6. The number of hydrogen-bond donors (Lipinski definition) is 0. The molecule has 6 fully saturated rings. The Morgan fingerprint density at radius 3 is 1.19 bits per heavy atom. The van der Waals surface area contributed by atoms with Crippen molar-refractivity contribution in [3.05, 3.63) is 0 Å². The number of carbonyl (C=O) groups excluding carboxylic acids is 4. The van der Waals surface area contributed by atoms with Crippen LogP contribution in [0.4, 0.5) is 0 Å². The van der Waals surface area contributed by atoms with Gasteiger partial charge in [-0.05, 0) is 45.4 Å². The van der Waals surface area contributed by atoms with Gasteiger partial charge in [0.25, 0.3) is 0 Å². The van der Waals surface area contributed by atoms with Gasteiger partial charge in [-0.15, -0.1) is 0 Å². The van der Waals surface area contributed by atoms with Gasteiger partial charge < -0.3 is 18.9 Å². The summed E-state index contributed by atoms with van der Waals surface area (Å²) in [5.74, 6) is -0.981. The molecule has 6 aliphatic carbocycles. The second kappa shape index (κ2) is 7.45. The Morgan fingerprint density at radius 2 is 0.917 bits per heavy atom. The van der Waals surface area contributed by atoms with Gasteiger partial charge in [-0.2, -0.15) is 0 Å². The van der Waals surface area contributed by atoms with Crippen molar-refractivity contribution in [3.8, 4) is 0 Å². The SMILES string of the molecule is CC(=O)OCC12C3C4(COC(C)=O)C1C1(COC(C)=O)C2C3(COC(C)=O)C41CN(C(C)C)C(C)C. The van der Waals surface area contributed by atoms with Gasteiger partial charge >= 0.3 is 23.9 Å². The van der Waals surface area contributed by atoms with E-state index in [-0.39, 0.29) is 101 Å². The standard InChI is InChI=1S/C27H39NO8/c1-14(2)28(15(3)4)9-27-24(11-34-17(6)30)20-23(10-33-16(5)29)21(24)26(27,13-36-19(8)32)22(23)25(20,27)12-35-18(7)31/h14-15,20-22H,9-13H2,1-8H3. The van der Waals surface area contributed by atoms with Crippen LogP contribution in [0.2, 0.25) is 0 Å². The van der Waals surface area contributed by atoms with Crippen LogP contribution in [0.1, 0.15) is 55.4 Å². The van der Waals surface area contributed by atoms with Crippen LogP contribution in [-0.2, 0) is 38.1 Å².